The Balaban J connectivity index is 3.90. The predicted molar refractivity (Wildman–Crippen MR) is 124 cm³/mol. The summed E-state index contributed by atoms with van der Waals surface area (Å²) in [6, 6.07) is 0. The molecule has 0 saturated heterocycles. The van der Waals surface area contributed by atoms with E-state index in [-0.39, 0.29) is 18.6 Å². The highest BCUT2D eigenvalue weighted by molar-refractivity contribution is 5.66. The molecule has 0 aromatic carbocycles. The molecule has 0 aliphatic carbocycles. The molecule has 30 heavy (non-hydrogen) atoms. The fraction of sp³-hybridized carbons (Fsp3) is 0.960. The zero-order chi connectivity index (χ0) is 22.5. The van der Waals surface area contributed by atoms with Gasteiger partial charge in [-0.3, -0.25) is 4.79 Å². The molecule has 0 amide bonds. The molecule has 180 valence electrons. The van der Waals surface area contributed by atoms with Crippen molar-refractivity contribution >= 4 is 5.97 Å². The van der Waals surface area contributed by atoms with E-state index in [0.717, 1.165) is 57.8 Å². The summed E-state index contributed by atoms with van der Waals surface area (Å²) < 4.78 is 17.0. The zero-order valence-electron chi connectivity index (χ0n) is 20.3. The monoisotopic (exact) mass is 430 g/mol. The maximum absolute atomic E-state index is 10.6. The van der Waals surface area contributed by atoms with E-state index in [4.69, 9.17) is 19.3 Å². The van der Waals surface area contributed by atoms with Gasteiger partial charge in [0, 0.05) is 27.8 Å². The number of carboxylic acid groups (broad SMARTS) is 1. The SMILES string of the molecule is CCCCCCCCC(CCCC(CCC(CCCCCC(=O)O)OC)OC)OC. The number of carbonyl (C=O) groups is 1. The van der Waals surface area contributed by atoms with Gasteiger partial charge in [-0.15, -0.1) is 0 Å². The van der Waals surface area contributed by atoms with Crippen LogP contribution in [0.2, 0.25) is 0 Å². The molecule has 5 heteroatoms. The Morgan fingerprint density at radius 2 is 1.00 bits per heavy atom. The predicted octanol–water partition coefficient (Wildman–Crippen LogP) is 6.77. The number of ether oxygens (including phenoxy) is 3. The summed E-state index contributed by atoms with van der Waals surface area (Å²) in [4.78, 5) is 10.6. The minimum absolute atomic E-state index is 0.243. The lowest BCUT2D eigenvalue weighted by Gasteiger charge is -2.21. The first kappa shape index (κ1) is 29.4. The van der Waals surface area contributed by atoms with Gasteiger partial charge >= 0.3 is 5.97 Å². The highest BCUT2D eigenvalue weighted by Gasteiger charge is 2.14. The van der Waals surface area contributed by atoms with Gasteiger partial charge in [0.15, 0.2) is 0 Å². The van der Waals surface area contributed by atoms with Crippen LogP contribution in [-0.4, -0.2) is 50.7 Å². The Hall–Kier alpha value is -0.650. The lowest BCUT2D eigenvalue weighted by molar-refractivity contribution is -0.137. The van der Waals surface area contributed by atoms with Gasteiger partial charge in [0.05, 0.1) is 18.3 Å². The summed E-state index contributed by atoms with van der Waals surface area (Å²) >= 11 is 0. The van der Waals surface area contributed by atoms with E-state index in [1.54, 1.807) is 7.11 Å². The highest BCUT2D eigenvalue weighted by Crippen LogP contribution is 2.19. The third-order valence-corrected chi connectivity index (χ3v) is 6.16. The van der Waals surface area contributed by atoms with E-state index in [1.165, 1.54) is 44.9 Å². The molecule has 0 aromatic heterocycles. The van der Waals surface area contributed by atoms with Gasteiger partial charge in [-0.1, -0.05) is 58.3 Å². The van der Waals surface area contributed by atoms with Crippen LogP contribution in [0.4, 0.5) is 0 Å². The molecule has 0 heterocycles. The van der Waals surface area contributed by atoms with Crippen LogP contribution in [0.15, 0.2) is 0 Å². The van der Waals surface area contributed by atoms with Crippen LogP contribution in [0.1, 0.15) is 116 Å². The minimum atomic E-state index is -0.705. The number of methoxy groups -OCH3 is 3. The van der Waals surface area contributed by atoms with Gasteiger partial charge in [-0.25, -0.2) is 0 Å². The Kier molecular flexibility index (Phi) is 21.1. The molecule has 3 atom stereocenters. The molecule has 3 unspecified atom stereocenters. The molecule has 0 rings (SSSR count). The van der Waals surface area contributed by atoms with Crippen molar-refractivity contribution in [2.45, 2.75) is 134 Å². The quantitative estimate of drug-likeness (QED) is 0.181. The topological polar surface area (TPSA) is 65.0 Å². The van der Waals surface area contributed by atoms with Gasteiger partial charge in [-0.05, 0) is 51.4 Å². The zero-order valence-corrected chi connectivity index (χ0v) is 20.3. The average Bonchev–Trinajstić information content (AvgIpc) is 2.74. The first-order valence-corrected chi connectivity index (χ1v) is 12.4. The number of hydrogen-bond acceptors (Lipinski definition) is 4. The van der Waals surface area contributed by atoms with Crippen LogP contribution in [-0.2, 0) is 19.0 Å². The molecular weight excluding hydrogens is 380 g/mol. The standard InChI is InChI=1S/C25H50O5/c1-5-6-7-8-9-11-15-22(28-2)17-14-18-24(30-4)21-20-23(29-3)16-12-10-13-19-25(26)27/h22-24H,5-21H2,1-4H3,(H,26,27). The molecule has 0 aromatic rings. The van der Waals surface area contributed by atoms with E-state index in [9.17, 15) is 4.79 Å². The van der Waals surface area contributed by atoms with Crippen LogP contribution in [0.25, 0.3) is 0 Å². The van der Waals surface area contributed by atoms with Crippen molar-refractivity contribution in [3.63, 3.8) is 0 Å². The van der Waals surface area contributed by atoms with Gasteiger partial charge in [-0.2, -0.15) is 0 Å². The van der Waals surface area contributed by atoms with E-state index in [0.29, 0.717) is 6.10 Å². The molecule has 0 aliphatic heterocycles. The minimum Gasteiger partial charge on any atom is -0.481 e. The Morgan fingerprint density at radius 1 is 0.600 bits per heavy atom. The number of carboxylic acids is 1. The van der Waals surface area contributed by atoms with E-state index in [1.807, 2.05) is 14.2 Å². The summed E-state index contributed by atoms with van der Waals surface area (Å²) in [6.45, 7) is 2.26. The van der Waals surface area contributed by atoms with Gasteiger partial charge in [0.2, 0.25) is 0 Å². The smallest absolute Gasteiger partial charge is 0.303 e. The van der Waals surface area contributed by atoms with Crippen LogP contribution < -0.4 is 0 Å². The second-order valence-electron chi connectivity index (χ2n) is 8.63. The van der Waals surface area contributed by atoms with Crippen LogP contribution in [0, 0.1) is 0 Å². The molecule has 0 bridgehead atoms. The maximum Gasteiger partial charge on any atom is 0.303 e. The summed E-state index contributed by atoms with van der Waals surface area (Å²) in [5.74, 6) is -0.705. The molecule has 0 saturated carbocycles. The fourth-order valence-electron chi connectivity index (χ4n) is 4.06. The number of unbranched alkanes of at least 4 members (excludes halogenated alkanes) is 7. The molecule has 1 N–H and O–H groups in total. The molecular formula is C25H50O5. The Morgan fingerprint density at radius 3 is 1.47 bits per heavy atom. The van der Waals surface area contributed by atoms with Crippen LogP contribution >= 0.6 is 0 Å². The van der Waals surface area contributed by atoms with Crippen molar-refractivity contribution in [1.29, 1.82) is 0 Å². The second-order valence-corrected chi connectivity index (χ2v) is 8.63. The third-order valence-electron chi connectivity index (χ3n) is 6.16. The highest BCUT2D eigenvalue weighted by atomic mass is 16.5. The summed E-state index contributed by atoms with van der Waals surface area (Å²) in [6.07, 6.45) is 19.4. The van der Waals surface area contributed by atoms with Crippen molar-refractivity contribution in [2.75, 3.05) is 21.3 Å². The van der Waals surface area contributed by atoms with Gasteiger partial charge in [0.25, 0.3) is 0 Å². The number of aliphatic carboxylic acids is 1. The number of hydrogen-bond donors (Lipinski definition) is 1. The second kappa shape index (κ2) is 21.6. The van der Waals surface area contributed by atoms with Crippen LogP contribution in [0.5, 0.6) is 0 Å². The molecule has 5 nitrogen and oxygen atoms in total. The van der Waals surface area contributed by atoms with Gasteiger partial charge < -0.3 is 19.3 Å². The van der Waals surface area contributed by atoms with Crippen LogP contribution in [0.3, 0.4) is 0 Å². The molecule has 0 spiro atoms. The van der Waals surface area contributed by atoms with E-state index < -0.39 is 5.97 Å². The van der Waals surface area contributed by atoms with Crippen molar-refractivity contribution in [3.05, 3.63) is 0 Å². The summed E-state index contributed by atoms with van der Waals surface area (Å²) in [5.41, 5.74) is 0. The van der Waals surface area contributed by atoms with Crippen molar-refractivity contribution in [2.24, 2.45) is 0 Å². The summed E-state index contributed by atoms with van der Waals surface area (Å²) in [7, 11) is 5.42. The Bertz CT molecular complexity index is 375. The largest absolute Gasteiger partial charge is 0.481 e. The first-order valence-electron chi connectivity index (χ1n) is 12.4. The normalized spacial score (nSPS) is 14.5. The molecule has 0 aliphatic rings. The van der Waals surface area contributed by atoms with Crippen molar-refractivity contribution in [1.82, 2.24) is 0 Å². The third kappa shape index (κ3) is 18.1. The van der Waals surface area contributed by atoms with Crippen molar-refractivity contribution < 1.29 is 24.1 Å². The first-order chi connectivity index (χ1) is 14.6. The molecule has 0 fully saturated rings. The van der Waals surface area contributed by atoms with Gasteiger partial charge in [0.1, 0.15) is 0 Å². The van der Waals surface area contributed by atoms with Crippen molar-refractivity contribution in [3.8, 4) is 0 Å². The lowest BCUT2D eigenvalue weighted by atomic mass is 9.99. The fourth-order valence-corrected chi connectivity index (χ4v) is 4.06. The lowest BCUT2D eigenvalue weighted by Crippen LogP contribution is -2.18. The average molecular weight is 431 g/mol. The van der Waals surface area contributed by atoms with E-state index >= 15 is 0 Å². The van der Waals surface area contributed by atoms with E-state index in [2.05, 4.69) is 6.92 Å². The maximum atomic E-state index is 10.6. The Labute approximate surface area is 186 Å². The number of rotatable bonds is 23. The summed E-state index contributed by atoms with van der Waals surface area (Å²) in [5, 5.41) is 8.70. The molecule has 0 radical (unpaired) electrons.